The molecule has 106 valence electrons. The summed E-state index contributed by atoms with van der Waals surface area (Å²) in [6, 6.07) is 3.86. The average Bonchev–Trinajstić information content (AvgIpc) is 2.32. The number of halogens is 1. The van der Waals surface area contributed by atoms with Crippen molar-refractivity contribution in [2.45, 2.75) is 33.2 Å². The maximum Gasteiger partial charge on any atom is 0.221 e. The van der Waals surface area contributed by atoms with Gasteiger partial charge in [-0.1, -0.05) is 11.6 Å². The molecule has 1 aromatic rings. The fourth-order valence-electron chi connectivity index (χ4n) is 1.68. The number of carbonyl (C=O) groups excluding carboxylic acids is 1. The second-order valence-corrected chi connectivity index (χ2v) is 5.11. The van der Waals surface area contributed by atoms with Gasteiger partial charge in [0.25, 0.3) is 0 Å². The number of anilines is 1. The third-order valence-electron chi connectivity index (χ3n) is 2.60. The van der Waals surface area contributed by atoms with Crippen molar-refractivity contribution in [2.24, 2.45) is 0 Å². The predicted octanol–water partition coefficient (Wildman–Crippen LogP) is 2.98. The molecule has 0 aliphatic carbocycles. The highest BCUT2D eigenvalue weighted by Crippen LogP contribution is 2.30. The molecular weight excluding hydrogens is 264 g/mol. The van der Waals surface area contributed by atoms with Gasteiger partial charge in [-0.15, -0.1) is 0 Å². The highest BCUT2D eigenvalue weighted by molar-refractivity contribution is 6.31. The standard InChI is InChI=1S/C14H21ClN2O2/c1-9(2)17-14(18)5-6-16-12-7-10(3)11(15)8-13(12)19-4/h7-9,16H,5-6H2,1-4H3,(H,17,18). The second kappa shape index (κ2) is 7.24. The number of carbonyl (C=O) groups is 1. The lowest BCUT2D eigenvalue weighted by molar-refractivity contribution is -0.121. The Kier molecular flexibility index (Phi) is 5.96. The number of benzene rings is 1. The van der Waals surface area contributed by atoms with Crippen LogP contribution in [0.5, 0.6) is 5.75 Å². The molecule has 0 atom stereocenters. The minimum absolute atomic E-state index is 0.0344. The van der Waals surface area contributed by atoms with Crippen LogP contribution >= 0.6 is 11.6 Å². The van der Waals surface area contributed by atoms with Gasteiger partial charge in [-0.2, -0.15) is 0 Å². The number of hydrogen-bond donors (Lipinski definition) is 2. The topological polar surface area (TPSA) is 50.4 Å². The van der Waals surface area contributed by atoms with Gasteiger partial charge in [0.2, 0.25) is 5.91 Å². The highest BCUT2D eigenvalue weighted by atomic mass is 35.5. The molecule has 0 heterocycles. The molecule has 0 fully saturated rings. The summed E-state index contributed by atoms with van der Waals surface area (Å²) in [5.41, 5.74) is 1.82. The molecule has 0 bridgehead atoms. The van der Waals surface area contributed by atoms with E-state index in [1.165, 1.54) is 0 Å². The number of amides is 1. The first-order valence-corrected chi connectivity index (χ1v) is 6.69. The summed E-state index contributed by atoms with van der Waals surface area (Å²) in [6.45, 7) is 6.36. The molecule has 4 nitrogen and oxygen atoms in total. The Morgan fingerprint density at radius 3 is 2.68 bits per heavy atom. The molecule has 5 heteroatoms. The Morgan fingerprint density at radius 1 is 1.42 bits per heavy atom. The van der Waals surface area contributed by atoms with Crippen LogP contribution in [-0.4, -0.2) is 25.6 Å². The third-order valence-corrected chi connectivity index (χ3v) is 3.01. The molecule has 1 rings (SSSR count). The molecule has 0 saturated heterocycles. The Morgan fingerprint density at radius 2 is 2.11 bits per heavy atom. The van der Waals surface area contributed by atoms with Gasteiger partial charge in [0.05, 0.1) is 12.8 Å². The zero-order valence-corrected chi connectivity index (χ0v) is 12.6. The van der Waals surface area contributed by atoms with Crippen LogP contribution in [0.2, 0.25) is 5.02 Å². The maximum absolute atomic E-state index is 11.5. The quantitative estimate of drug-likeness (QED) is 0.844. The summed E-state index contributed by atoms with van der Waals surface area (Å²) in [5.74, 6) is 0.715. The van der Waals surface area contributed by atoms with Crippen LogP contribution < -0.4 is 15.4 Å². The summed E-state index contributed by atoms with van der Waals surface area (Å²) >= 11 is 6.03. The number of aryl methyl sites for hydroxylation is 1. The van der Waals surface area contributed by atoms with Crippen molar-refractivity contribution in [1.82, 2.24) is 5.32 Å². The lowest BCUT2D eigenvalue weighted by Crippen LogP contribution is -2.31. The SMILES string of the molecule is COc1cc(Cl)c(C)cc1NCCC(=O)NC(C)C. The van der Waals surface area contributed by atoms with E-state index in [0.717, 1.165) is 11.3 Å². The second-order valence-electron chi connectivity index (χ2n) is 4.70. The molecule has 1 amide bonds. The fraction of sp³-hybridized carbons (Fsp3) is 0.500. The lowest BCUT2D eigenvalue weighted by Gasteiger charge is -2.13. The van der Waals surface area contributed by atoms with Crippen LogP contribution in [0.4, 0.5) is 5.69 Å². The Bertz CT molecular complexity index is 447. The first-order valence-electron chi connectivity index (χ1n) is 6.31. The Balaban J connectivity index is 2.58. The van der Waals surface area contributed by atoms with Crippen LogP contribution in [0.25, 0.3) is 0 Å². The molecule has 19 heavy (non-hydrogen) atoms. The van der Waals surface area contributed by atoms with Crippen LogP contribution in [0.15, 0.2) is 12.1 Å². The molecular formula is C14H21ClN2O2. The summed E-state index contributed by atoms with van der Waals surface area (Å²) in [5, 5.41) is 6.71. The minimum Gasteiger partial charge on any atom is -0.495 e. The largest absolute Gasteiger partial charge is 0.495 e. The smallest absolute Gasteiger partial charge is 0.221 e. The van der Waals surface area contributed by atoms with Crippen molar-refractivity contribution in [3.8, 4) is 5.75 Å². The van der Waals surface area contributed by atoms with Gasteiger partial charge in [-0.3, -0.25) is 4.79 Å². The minimum atomic E-state index is 0.0344. The monoisotopic (exact) mass is 284 g/mol. The van der Waals surface area contributed by atoms with E-state index in [4.69, 9.17) is 16.3 Å². The number of nitrogens with one attached hydrogen (secondary N) is 2. The Hall–Kier alpha value is -1.42. The highest BCUT2D eigenvalue weighted by Gasteiger charge is 2.08. The molecule has 0 radical (unpaired) electrons. The van der Waals surface area contributed by atoms with E-state index in [-0.39, 0.29) is 11.9 Å². The van der Waals surface area contributed by atoms with E-state index in [1.807, 2.05) is 26.8 Å². The third kappa shape index (κ3) is 4.99. The van der Waals surface area contributed by atoms with Crippen molar-refractivity contribution < 1.29 is 9.53 Å². The van der Waals surface area contributed by atoms with Gasteiger partial charge in [0.15, 0.2) is 0 Å². The summed E-state index contributed by atoms with van der Waals surface area (Å²) in [7, 11) is 1.59. The van der Waals surface area contributed by atoms with Crippen LogP contribution in [0.3, 0.4) is 0 Å². The lowest BCUT2D eigenvalue weighted by atomic mass is 10.2. The van der Waals surface area contributed by atoms with Crippen molar-refractivity contribution in [3.05, 3.63) is 22.7 Å². The van der Waals surface area contributed by atoms with Gasteiger partial charge in [-0.25, -0.2) is 0 Å². The summed E-state index contributed by atoms with van der Waals surface area (Å²) in [6.07, 6.45) is 0.420. The van der Waals surface area contributed by atoms with Crippen molar-refractivity contribution in [2.75, 3.05) is 19.0 Å². The molecule has 0 spiro atoms. The van der Waals surface area contributed by atoms with Gasteiger partial charge in [-0.05, 0) is 32.4 Å². The van der Waals surface area contributed by atoms with Crippen LogP contribution in [-0.2, 0) is 4.79 Å². The van der Waals surface area contributed by atoms with E-state index in [0.29, 0.717) is 23.7 Å². The number of methoxy groups -OCH3 is 1. The van der Waals surface area contributed by atoms with Crippen molar-refractivity contribution in [3.63, 3.8) is 0 Å². The fourth-order valence-corrected chi connectivity index (χ4v) is 1.83. The predicted molar refractivity (Wildman–Crippen MR) is 79.1 cm³/mol. The van der Waals surface area contributed by atoms with Crippen LogP contribution in [0.1, 0.15) is 25.8 Å². The van der Waals surface area contributed by atoms with E-state index in [2.05, 4.69) is 10.6 Å². The van der Waals surface area contributed by atoms with Crippen molar-refractivity contribution >= 4 is 23.2 Å². The maximum atomic E-state index is 11.5. The van der Waals surface area contributed by atoms with Crippen LogP contribution in [0, 0.1) is 6.92 Å². The Labute approximate surface area is 119 Å². The normalized spacial score (nSPS) is 10.4. The average molecular weight is 285 g/mol. The van der Waals surface area contributed by atoms with E-state index >= 15 is 0 Å². The molecule has 0 unspecified atom stereocenters. The molecule has 0 saturated carbocycles. The first kappa shape index (κ1) is 15.6. The molecule has 1 aromatic carbocycles. The number of ether oxygens (including phenoxy) is 1. The molecule has 0 aliphatic heterocycles. The van der Waals surface area contributed by atoms with E-state index in [1.54, 1.807) is 13.2 Å². The molecule has 0 aliphatic rings. The van der Waals surface area contributed by atoms with Gasteiger partial charge in [0.1, 0.15) is 5.75 Å². The van der Waals surface area contributed by atoms with Gasteiger partial charge >= 0.3 is 0 Å². The molecule has 2 N–H and O–H groups in total. The first-order chi connectivity index (χ1) is 8.93. The summed E-state index contributed by atoms with van der Waals surface area (Å²) < 4.78 is 5.26. The molecule has 0 aromatic heterocycles. The number of rotatable bonds is 6. The van der Waals surface area contributed by atoms with Gasteiger partial charge < -0.3 is 15.4 Å². The summed E-state index contributed by atoms with van der Waals surface area (Å²) in [4.78, 5) is 11.5. The van der Waals surface area contributed by atoms with E-state index in [9.17, 15) is 4.79 Å². The van der Waals surface area contributed by atoms with E-state index < -0.39 is 0 Å². The number of hydrogen-bond acceptors (Lipinski definition) is 3. The zero-order valence-electron chi connectivity index (χ0n) is 11.8. The zero-order chi connectivity index (χ0) is 14.4. The van der Waals surface area contributed by atoms with Crippen molar-refractivity contribution in [1.29, 1.82) is 0 Å². The van der Waals surface area contributed by atoms with Gasteiger partial charge in [0, 0.05) is 30.1 Å².